The first-order valence-corrected chi connectivity index (χ1v) is 7.77. The van der Waals surface area contributed by atoms with Crippen LogP contribution in [-0.2, 0) is 13.0 Å². The van der Waals surface area contributed by atoms with E-state index in [4.69, 9.17) is 0 Å². The highest BCUT2D eigenvalue weighted by molar-refractivity contribution is 5.16. The third kappa shape index (κ3) is 3.18. The maximum atomic E-state index is 4.43. The normalized spacial score (nSPS) is 25.3. The number of hydrogen-bond acceptors (Lipinski definition) is 3. The van der Waals surface area contributed by atoms with Gasteiger partial charge in [0.25, 0.3) is 0 Å². The molecule has 1 aliphatic heterocycles. The molecular weight excluding hydrogens is 236 g/mol. The number of likely N-dealkylation sites (N-methyl/N-ethyl adjacent to an activating group) is 1. The van der Waals surface area contributed by atoms with Crippen LogP contribution in [0.1, 0.15) is 49.9 Å². The van der Waals surface area contributed by atoms with Gasteiger partial charge >= 0.3 is 0 Å². The Balaban J connectivity index is 1.53. The van der Waals surface area contributed by atoms with E-state index in [-0.39, 0.29) is 0 Å². The molecule has 0 amide bonds. The Morgan fingerprint density at radius 2 is 2.05 bits per heavy atom. The SMILES string of the molecule is CN(CC1Cc2nc[nH]c2CN1)C1CCCCCC1. The lowest BCUT2D eigenvalue weighted by atomic mass is 10.0. The van der Waals surface area contributed by atoms with Crippen LogP contribution in [0, 0.1) is 0 Å². The molecule has 0 bridgehead atoms. The van der Waals surface area contributed by atoms with Crippen molar-refractivity contribution < 1.29 is 0 Å². The Kier molecular flexibility index (Phi) is 4.18. The number of aromatic amines is 1. The molecule has 2 heterocycles. The monoisotopic (exact) mass is 262 g/mol. The first kappa shape index (κ1) is 13.1. The number of imidazole rings is 1. The first-order chi connectivity index (χ1) is 9.33. The van der Waals surface area contributed by atoms with Gasteiger partial charge in [-0.1, -0.05) is 25.7 Å². The van der Waals surface area contributed by atoms with Gasteiger partial charge in [0.15, 0.2) is 0 Å². The van der Waals surface area contributed by atoms with Crippen molar-refractivity contribution in [3.8, 4) is 0 Å². The summed E-state index contributed by atoms with van der Waals surface area (Å²) in [7, 11) is 2.30. The van der Waals surface area contributed by atoms with Crippen LogP contribution in [0.15, 0.2) is 6.33 Å². The summed E-state index contributed by atoms with van der Waals surface area (Å²) in [4.78, 5) is 10.2. The van der Waals surface area contributed by atoms with Crippen LogP contribution < -0.4 is 5.32 Å². The predicted molar refractivity (Wildman–Crippen MR) is 77.0 cm³/mol. The van der Waals surface area contributed by atoms with Crippen molar-refractivity contribution in [1.82, 2.24) is 20.2 Å². The van der Waals surface area contributed by atoms with Gasteiger partial charge in [0.05, 0.1) is 17.7 Å². The minimum Gasteiger partial charge on any atom is -0.347 e. The lowest BCUT2D eigenvalue weighted by molar-refractivity contribution is 0.194. The Labute approximate surface area is 116 Å². The van der Waals surface area contributed by atoms with Crippen LogP contribution in [0.25, 0.3) is 0 Å². The smallest absolute Gasteiger partial charge is 0.0925 e. The second-order valence-electron chi connectivity index (χ2n) is 6.19. The average Bonchev–Trinajstić information content (AvgIpc) is 2.71. The number of H-pyrrole nitrogens is 1. The molecule has 4 nitrogen and oxygen atoms in total. The van der Waals surface area contributed by atoms with Crippen molar-refractivity contribution in [3.63, 3.8) is 0 Å². The number of nitrogens with zero attached hydrogens (tertiary/aromatic N) is 2. The predicted octanol–water partition coefficient (Wildman–Crippen LogP) is 2.08. The molecule has 0 spiro atoms. The first-order valence-electron chi connectivity index (χ1n) is 7.77. The number of fused-ring (bicyclic) bond motifs is 1. The highest BCUT2D eigenvalue weighted by Crippen LogP contribution is 2.22. The van der Waals surface area contributed by atoms with Crippen molar-refractivity contribution in [1.29, 1.82) is 0 Å². The third-order valence-corrected chi connectivity index (χ3v) is 4.77. The van der Waals surface area contributed by atoms with Crippen molar-refractivity contribution >= 4 is 0 Å². The second-order valence-corrected chi connectivity index (χ2v) is 6.19. The molecule has 3 rings (SSSR count). The summed E-state index contributed by atoms with van der Waals surface area (Å²) in [5.41, 5.74) is 2.53. The van der Waals surface area contributed by atoms with E-state index in [0.29, 0.717) is 6.04 Å². The van der Waals surface area contributed by atoms with Crippen LogP contribution in [0.5, 0.6) is 0 Å². The lowest BCUT2D eigenvalue weighted by Crippen LogP contribution is -2.46. The summed E-state index contributed by atoms with van der Waals surface area (Å²) in [6, 6.07) is 1.36. The van der Waals surface area contributed by atoms with E-state index in [2.05, 4.69) is 27.2 Å². The molecule has 1 saturated carbocycles. The lowest BCUT2D eigenvalue weighted by Gasteiger charge is -2.32. The molecule has 1 aromatic rings. The zero-order chi connectivity index (χ0) is 13.1. The van der Waals surface area contributed by atoms with Gasteiger partial charge in [-0.15, -0.1) is 0 Å². The molecule has 0 radical (unpaired) electrons. The molecule has 1 fully saturated rings. The van der Waals surface area contributed by atoms with Gasteiger partial charge in [-0.2, -0.15) is 0 Å². The summed E-state index contributed by atoms with van der Waals surface area (Å²) >= 11 is 0. The Hall–Kier alpha value is -0.870. The minimum atomic E-state index is 0.559. The topological polar surface area (TPSA) is 44.0 Å². The van der Waals surface area contributed by atoms with Crippen molar-refractivity contribution in [3.05, 3.63) is 17.7 Å². The van der Waals surface area contributed by atoms with Gasteiger partial charge < -0.3 is 15.2 Å². The van der Waals surface area contributed by atoms with E-state index in [1.807, 2.05) is 6.33 Å². The molecule has 19 heavy (non-hydrogen) atoms. The fourth-order valence-electron chi connectivity index (χ4n) is 3.55. The van der Waals surface area contributed by atoms with E-state index < -0.39 is 0 Å². The molecule has 0 aromatic carbocycles. The van der Waals surface area contributed by atoms with E-state index in [0.717, 1.165) is 25.6 Å². The van der Waals surface area contributed by atoms with E-state index >= 15 is 0 Å². The zero-order valence-corrected chi connectivity index (χ0v) is 12.0. The van der Waals surface area contributed by atoms with Gasteiger partial charge in [0.2, 0.25) is 0 Å². The maximum Gasteiger partial charge on any atom is 0.0925 e. The van der Waals surface area contributed by atoms with Crippen molar-refractivity contribution in [2.24, 2.45) is 0 Å². The number of nitrogens with one attached hydrogen (secondary N) is 2. The van der Waals surface area contributed by atoms with E-state index in [9.17, 15) is 0 Å². The Morgan fingerprint density at radius 1 is 1.26 bits per heavy atom. The standard InChI is InChI=1S/C15H26N4/c1-19(13-6-4-2-3-5-7-13)10-12-8-14-15(9-16-12)18-11-17-14/h11-13,16H,2-10H2,1H3,(H,17,18). The molecule has 1 atom stereocenters. The van der Waals surface area contributed by atoms with Gasteiger partial charge in [0.1, 0.15) is 0 Å². The number of aromatic nitrogens is 2. The maximum absolute atomic E-state index is 4.43. The van der Waals surface area contributed by atoms with Crippen LogP contribution in [0.3, 0.4) is 0 Å². The minimum absolute atomic E-state index is 0.559. The highest BCUT2D eigenvalue weighted by atomic mass is 15.2. The summed E-state index contributed by atoms with van der Waals surface area (Å²) in [5, 5.41) is 3.63. The van der Waals surface area contributed by atoms with Crippen molar-refractivity contribution in [2.45, 2.75) is 63.6 Å². The largest absolute Gasteiger partial charge is 0.347 e. The Morgan fingerprint density at radius 3 is 2.84 bits per heavy atom. The number of hydrogen-bond donors (Lipinski definition) is 2. The second kappa shape index (κ2) is 6.06. The van der Waals surface area contributed by atoms with Crippen molar-refractivity contribution in [2.75, 3.05) is 13.6 Å². The molecule has 0 saturated heterocycles. The summed E-state index contributed by atoms with van der Waals surface area (Å²) in [5.74, 6) is 0. The molecule has 1 aromatic heterocycles. The average molecular weight is 262 g/mol. The molecule has 1 unspecified atom stereocenters. The van der Waals surface area contributed by atoms with Gasteiger partial charge in [-0.25, -0.2) is 4.98 Å². The molecular formula is C15H26N4. The molecule has 2 N–H and O–H groups in total. The fraction of sp³-hybridized carbons (Fsp3) is 0.800. The summed E-state index contributed by atoms with van der Waals surface area (Å²) in [6.45, 7) is 2.09. The van der Waals surface area contributed by atoms with E-state index in [1.165, 1.54) is 49.9 Å². The van der Waals surface area contributed by atoms with Gasteiger partial charge in [-0.05, 0) is 19.9 Å². The van der Waals surface area contributed by atoms with Crippen LogP contribution in [0.2, 0.25) is 0 Å². The number of rotatable bonds is 3. The van der Waals surface area contributed by atoms with Crippen LogP contribution >= 0.6 is 0 Å². The van der Waals surface area contributed by atoms with Gasteiger partial charge in [-0.3, -0.25) is 0 Å². The quantitative estimate of drug-likeness (QED) is 0.820. The molecule has 4 heteroatoms. The molecule has 106 valence electrons. The molecule has 1 aliphatic carbocycles. The fourth-order valence-corrected chi connectivity index (χ4v) is 3.55. The third-order valence-electron chi connectivity index (χ3n) is 4.77. The Bertz CT molecular complexity index is 393. The van der Waals surface area contributed by atoms with Gasteiger partial charge in [0, 0.05) is 31.6 Å². The summed E-state index contributed by atoms with van der Waals surface area (Å²) in [6.07, 6.45) is 11.4. The molecule has 2 aliphatic rings. The van der Waals surface area contributed by atoms with E-state index in [1.54, 1.807) is 0 Å². The summed E-state index contributed by atoms with van der Waals surface area (Å²) < 4.78 is 0. The van der Waals surface area contributed by atoms with Crippen LogP contribution in [0.4, 0.5) is 0 Å². The highest BCUT2D eigenvalue weighted by Gasteiger charge is 2.24. The zero-order valence-electron chi connectivity index (χ0n) is 12.0. The van der Waals surface area contributed by atoms with Crippen LogP contribution in [-0.4, -0.2) is 40.5 Å².